The van der Waals surface area contributed by atoms with Crippen molar-refractivity contribution in [2.24, 2.45) is 0 Å². The second-order valence-electron chi connectivity index (χ2n) is 7.02. The van der Waals surface area contributed by atoms with Gasteiger partial charge < -0.3 is 5.11 Å². The van der Waals surface area contributed by atoms with Gasteiger partial charge in [-0.05, 0) is 35.4 Å². The van der Waals surface area contributed by atoms with Crippen LogP contribution in [0.1, 0.15) is 46.1 Å². The van der Waals surface area contributed by atoms with Gasteiger partial charge >= 0.3 is 6.18 Å². The first-order valence-corrected chi connectivity index (χ1v) is 10.2. The van der Waals surface area contributed by atoms with Gasteiger partial charge in [-0.1, -0.05) is 24.3 Å². The summed E-state index contributed by atoms with van der Waals surface area (Å²) >= 11 is 0. The van der Waals surface area contributed by atoms with E-state index in [0.29, 0.717) is 21.8 Å². The van der Waals surface area contributed by atoms with E-state index >= 15 is 0 Å². The average Bonchev–Trinajstić information content (AvgIpc) is 3.28. The molecule has 2 bridgehead atoms. The number of halogens is 3. The Morgan fingerprint density at radius 1 is 1.00 bits per heavy atom. The molecule has 3 unspecified atom stereocenters. The Morgan fingerprint density at radius 3 is 2.31 bits per heavy atom. The van der Waals surface area contributed by atoms with Crippen LogP contribution >= 0.6 is 0 Å². The molecule has 5 rings (SSSR count). The van der Waals surface area contributed by atoms with Crippen LogP contribution in [0.25, 0.3) is 0 Å². The molecule has 0 amide bonds. The molecule has 10 heteroatoms. The molecule has 150 valence electrons. The molecule has 2 aliphatic rings. The maximum absolute atomic E-state index is 12.9. The number of nitrogens with zero attached hydrogens (tertiary/aromatic N) is 2. The average molecular weight is 421 g/mol. The standard InChI is InChI=1S/C19H14F3N3O3S/c20-19(21,22)10-5-7-11(8-6-10)29(27,28)25-9-14-15-12-3-1-2-4-13(12)16(23-15)18(26)17(14)24-25/h1-9,15-16,18,23,26H. The van der Waals surface area contributed by atoms with Gasteiger partial charge in [-0.2, -0.15) is 30.8 Å². The highest BCUT2D eigenvalue weighted by Crippen LogP contribution is 2.48. The summed E-state index contributed by atoms with van der Waals surface area (Å²) in [5, 5.41) is 18.1. The van der Waals surface area contributed by atoms with E-state index in [2.05, 4.69) is 10.4 Å². The summed E-state index contributed by atoms with van der Waals surface area (Å²) < 4.78 is 64.7. The first-order chi connectivity index (χ1) is 13.7. The van der Waals surface area contributed by atoms with E-state index in [1.807, 2.05) is 24.3 Å². The fourth-order valence-electron chi connectivity index (χ4n) is 3.97. The van der Waals surface area contributed by atoms with Crippen LogP contribution in [0, 0.1) is 0 Å². The predicted molar refractivity (Wildman–Crippen MR) is 95.4 cm³/mol. The Labute approximate surface area is 163 Å². The minimum Gasteiger partial charge on any atom is -0.385 e. The van der Waals surface area contributed by atoms with Gasteiger partial charge in [0.25, 0.3) is 10.0 Å². The molecule has 2 N–H and O–H groups in total. The van der Waals surface area contributed by atoms with Crippen LogP contribution in [0.3, 0.4) is 0 Å². The van der Waals surface area contributed by atoms with Gasteiger partial charge in [0.05, 0.1) is 28.2 Å². The molecular formula is C19H14F3N3O3S. The summed E-state index contributed by atoms with van der Waals surface area (Å²) in [5.41, 5.74) is 1.69. The van der Waals surface area contributed by atoms with E-state index in [9.17, 15) is 26.7 Å². The number of aliphatic hydroxyl groups excluding tert-OH is 1. The van der Waals surface area contributed by atoms with Crippen molar-refractivity contribution in [1.29, 1.82) is 0 Å². The summed E-state index contributed by atoms with van der Waals surface area (Å²) in [7, 11) is -4.21. The number of fused-ring (bicyclic) bond motifs is 7. The summed E-state index contributed by atoms with van der Waals surface area (Å²) in [6.45, 7) is 0. The minimum absolute atomic E-state index is 0.241. The van der Waals surface area contributed by atoms with E-state index in [4.69, 9.17) is 0 Å². The van der Waals surface area contributed by atoms with E-state index < -0.39 is 33.9 Å². The lowest BCUT2D eigenvalue weighted by atomic mass is 9.99. The van der Waals surface area contributed by atoms with Crippen LogP contribution in [0.2, 0.25) is 0 Å². The Kier molecular flexibility index (Phi) is 3.74. The summed E-state index contributed by atoms with van der Waals surface area (Å²) in [6.07, 6.45) is -4.30. The molecule has 0 fully saturated rings. The molecule has 0 spiro atoms. The first kappa shape index (κ1) is 18.3. The Bertz CT molecular complexity index is 1220. The van der Waals surface area contributed by atoms with Crippen LogP contribution in [0.4, 0.5) is 13.2 Å². The van der Waals surface area contributed by atoms with Gasteiger partial charge in [0.15, 0.2) is 0 Å². The topological polar surface area (TPSA) is 84.2 Å². The van der Waals surface area contributed by atoms with E-state index in [1.165, 1.54) is 6.20 Å². The van der Waals surface area contributed by atoms with Crippen molar-refractivity contribution >= 4 is 10.0 Å². The fourth-order valence-corrected chi connectivity index (χ4v) is 5.11. The van der Waals surface area contributed by atoms with Gasteiger partial charge in [-0.15, -0.1) is 0 Å². The zero-order valence-corrected chi connectivity index (χ0v) is 15.4. The third-order valence-electron chi connectivity index (χ3n) is 5.37. The number of rotatable bonds is 2. The lowest BCUT2D eigenvalue weighted by molar-refractivity contribution is -0.137. The molecule has 0 saturated carbocycles. The van der Waals surface area contributed by atoms with Gasteiger partial charge in [0.2, 0.25) is 0 Å². The molecule has 29 heavy (non-hydrogen) atoms. The van der Waals surface area contributed by atoms with Crippen LogP contribution in [0.15, 0.2) is 59.6 Å². The highest BCUT2D eigenvalue weighted by Gasteiger charge is 2.45. The Morgan fingerprint density at radius 2 is 1.66 bits per heavy atom. The zero-order chi connectivity index (χ0) is 20.6. The molecule has 3 heterocycles. The van der Waals surface area contributed by atoms with Crippen molar-refractivity contribution in [2.75, 3.05) is 0 Å². The number of benzene rings is 2. The molecule has 0 saturated heterocycles. The SMILES string of the molecule is O=S(=O)(c1ccc(C(F)(F)F)cc1)n1cc2c(n1)C(O)C1NC2c2ccccc21. The normalized spacial score (nSPS) is 23.0. The highest BCUT2D eigenvalue weighted by molar-refractivity contribution is 7.89. The van der Waals surface area contributed by atoms with Crippen LogP contribution in [-0.4, -0.2) is 22.7 Å². The first-order valence-electron chi connectivity index (χ1n) is 8.73. The van der Waals surface area contributed by atoms with Gasteiger partial charge in [-0.3, -0.25) is 5.32 Å². The van der Waals surface area contributed by atoms with Crippen molar-refractivity contribution in [3.8, 4) is 0 Å². The molecule has 1 aromatic heterocycles. The quantitative estimate of drug-likeness (QED) is 0.665. The Hall–Kier alpha value is -2.69. The molecule has 0 aliphatic carbocycles. The number of hydrogen-bond donors (Lipinski definition) is 2. The lowest BCUT2D eigenvalue weighted by Crippen LogP contribution is -2.30. The third kappa shape index (κ3) is 2.63. The second kappa shape index (κ2) is 5.91. The number of alkyl halides is 3. The number of hydrogen-bond acceptors (Lipinski definition) is 5. The molecule has 0 radical (unpaired) electrons. The van der Waals surface area contributed by atoms with Crippen molar-refractivity contribution in [3.63, 3.8) is 0 Å². The lowest BCUT2D eigenvalue weighted by Gasteiger charge is -2.25. The summed E-state index contributed by atoms with van der Waals surface area (Å²) in [4.78, 5) is -0.321. The third-order valence-corrected chi connectivity index (χ3v) is 6.92. The Balaban J connectivity index is 1.57. The predicted octanol–water partition coefficient (Wildman–Crippen LogP) is 2.92. The van der Waals surface area contributed by atoms with E-state index in [0.717, 1.165) is 23.3 Å². The highest BCUT2D eigenvalue weighted by atomic mass is 32.2. The molecular weight excluding hydrogens is 407 g/mol. The number of nitrogens with one attached hydrogen (secondary N) is 1. The minimum atomic E-state index is -4.56. The van der Waals surface area contributed by atoms with E-state index in [-0.39, 0.29) is 16.6 Å². The van der Waals surface area contributed by atoms with Crippen molar-refractivity contribution in [2.45, 2.75) is 29.3 Å². The maximum Gasteiger partial charge on any atom is 0.416 e. The summed E-state index contributed by atoms with van der Waals surface area (Å²) in [6, 6.07) is 10.0. The fraction of sp³-hybridized carbons (Fsp3) is 0.211. The summed E-state index contributed by atoms with van der Waals surface area (Å²) in [5.74, 6) is 0. The van der Waals surface area contributed by atoms with Crippen molar-refractivity contribution in [3.05, 3.63) is 82.7 Å². The zero-order valence-electron chi connectivity index (χ0n) is 14.6. The monoisotopic (exact) mass is 421 g/mol. The van der Waals surface area contributed by atoms with Crippen LogP contribution < -0.4 is 5.32 Å². The van der Waals surface area contributed by atoms with Gasteiger partial charge in [0.1, 0.15) is 6.10 Å². The number of aromatic nitrogens is 2. The van der Waals surface area contributed by atoms with Crippen molar-refractivity contribution < 1.29 is 26.7 Å². The number of aliphatic hydroxyl groups is 1. The molecule has 3 aromatic rings. The van der Waals surface area contributed by atoms with Crippen molar-refractivity contribution in [1.82, 2.24) is 14.5 Å². The maximum atomic E-state index is 12.9. The molecule has 3 atom stereocenters. The molecule has 2 aromatic carbocycles. The van der Waals surface area contributed by atoms with E-state index in [1.54, 1.807) is 0 Å². The smallest absolute Gasteiger partial charge is 0.385 e. The molecule has 2 aliphatic heterocycles. The van der Waals surface area contributed by atoms with Crippen LogP contribution in [0.5, 0.6) is 0 Å². The largest absolute Gasteiger partial charge is 0.416 e. The van der Waals surface area contributed by atoms with Gasteiger partial charge in [0, 0.05) is 11.8 Å². The second-order valence-corrected chi connectivity index (χ2v) is 8.82. The molecule has 6 nitrogen and oxygen atoms in total. The van der Waals surface area contributed by atoms with Gasteiger partial charge in [-0.25, -0.2) is 0 Å². The van der Waals surface area contributed by atoms with Crippen LogP contribution in [-0.2, 0) is 16.2 Å².